The van der Waals surface area contributed by atoms with Crippen molar-refractivity contribution in [2.75, 3.05) is 11.9 Å². The second-order valence-corrected chi connectivity index (χ2v) is 10.1. The predicted octanol–water partition coefficient (Wildman–Crippen LogP) is 2.64. The first kappa shape index (κ1) is 22.9. The number of carbonyl (C=O) groups is 3. The van der Waals surface area contributed by atoms with E-state index in [1.807, 2.05) is 6.08 Å². The van der Waals surface area contributed by atoms with Gasteiger partial charge in [-0.05, 0) is 37.5 Å². The first-order chi connectivity index (χ1) is 17.3. The number of amides is 3. The van der Waals surface area contributed by atoms with Crippen LogP contribution in [0.15, 0.2) is 47.0 Å². The molecule has 3 amide bonds. The van der Waals surface area contributed by atoms with Gasteiger partial charge in [-0.3, -0.25) is 14.4 Å². The molecular formula is C26H27FN4O5. The second kappa shape index (κ2) is 8.55. The van der Waals surface area contributed by atoms with E-state index in [9.17, 15) is 18.8 Å². The molecule has 36 heavy (non-hydrogen) atoms. The Morgan fingerprint density at radius 2 is 1.97 bits per heavy atom. The molecule has 3 fully saturated rings. The fourth-order valence-corrected chi connectivity index (χ4v) is 6.15. The van der Waals surface area contributed by atoms with Crippen molar-refractivity contribution in [3.63, 3.8) is 0 Å². The van der Waals surface area contributed by atoms with Crippen LogP contribution in [0, 0.1) is 24.6 Å². The molecule has 0 unspecified atom stereocenters. The van der Waals surface area contributed by atoms with E-state index in [0.717, 1.165) is 25.7 Å². The number of ether oxygens (including phenoxy) is 1. The number of halogens is 1. The molecule has 9 nitrogen and oxygen atoms in total. The fraction of sp³-hybridized carbons (Fsp3) is 0.462. The first-order valence-corrected chi connectivity index (χ1v) is 12.3. The highest BCUT2D eigenvalue weighted by Gasteiger charge is 2.68. The number of carbonyl (C=O) groups excluding carboxylic acids is 3. The maximum Gasteiger partial charge on any atom is 0.247 e. The van der Waals surface area contributed by atoms with E-state index in [2.05, 4.69) is 15.8 Å². The summed E-state index contributed by atoms with van der Waals surface area (Å²) in [5.74, 6) is -2.23. The predicted molar refractivity (Wildman–Crippen MR) is 125 cm³/mol. The van der Waals surface area contributed by atoms with Gasteiger partial charge in [-0.2, -0.15) is 0 Å². The summed E-state index contributed by atoms with van der Waals surface area (Å²) in [6.45, 7) is 1.84. The highest BCUT2D eigenvalue weighted by Crippen LogP contribution is 2.53. The lowest BCUT2D eigenvalue weighted by Gasteiger charge is -2.30. The molecule has 0 radical (unpaired) electrons. The van der Waals surface area contributed by atoms with Gasteiger partial charge in [0, 0.05) is 12.1 Å². The molecule has 1 aromatic heterocycles. The second-order valence-electron chi connectivity index (χ2n) is 10.1. The summed E-state index contributed by atoms with van der Waals surface area (Å²) in [7, 11) is 0. The molecule has 3 aliphatic heterocycles. The van der Waals surface area contributed by atoms with Crippen LogP contribution in [0.2, 0.25) is 0 Å². The average molecular weight is 495 g/mol. The van der Waals surface area contributed by atoms with Crippen molar-refractivity contribution in [2.24, 2.45) is 11.8 Å². The molecule has 2 aromatic rings. The third-order valence-corrected chi connectivity index (χ3v) is 7.76. The van der Waals surface area contributed by atoms with Crippen molar-refractivity contribution in [3.8, 4) is 0 Å². The van der Waals surface area contributed by atoms with Crippen LogP contribution in [0.25, 0.3) is 0 Å². The normalized spacial score (nSPS) is 29.6. The number of nitrogens with one attached hydrogen (secondary N) is 2. The highest BCUT2D eigenvalue weighted by atomic mass is 19.1. The highest BCUT2D eigenvalue weighted by molar-refractivity contribution is 6.00. The third-order valence-electron chi connectivity index (χ3n) is 7.76. The average Bonchev–Trinajstić information content (AvgIpc) is 3.66. The number of rotatable bonds is 6. The van der Waals surface area contributed by atoms with Crippen molar-refractivity contribution in [3.05, 3.63) is 59.6 Å². The molecule has 4 heterocycles. The minimum Gasteiger partial charge on any atom is -0.360 e. The Kier molecular flexibility index (Phi) is 5.44. The van der Waals surface area contributed by atoms with Crippen LogP contribution in [-0.4, -0.2) is 52.1 Å². The van der Waals surface area contributed by atoms with Gasteiger partial charge < -0.3 is 24.8 Å². The van der Waals surface area contributed by atoms with Gasteiger partial charge >= 0.3 is 0 Å². The number of nitrogens with zero attached hydrogens (tertiary/aromatic N) is 2. The van der Waals surface area contributed by atoms with Crippen molar-refractivity contribution in [1.29, 1.82) is 0 Å². The first-order valence-electron chi connectivity index (χ1n) is 12.3. The molecule has 2 saturated heterocycles. The molecule has 2 N–H and O–H groups in total. The van der Waals surface area contributed by atoms with Crippen LogP contribution in [-0.2, 0) is 19.1 Å². The maximum atomic E-state index is 13.9. The zero-order valence-electron chi connectivity index (χ0n) is 19.8. The minimum absolute atomic E-state index is 0.0484. The molecule has 4 aliphatic rings. The number of aromatic nitrogens is 1. The summed E-state index contributed by atoms with van der Waals surface area (Å²) in [5, 5.41) is 9.61. The van der Waals surface area contributed by atoms with Crippen molar-refractivity contribution in [1.82, 2.24) is 15.4 Å². The lowest BCUT2D eigenvalue weighted by Crippen LogP contribution is -2.46. The summed E-state index contributed by atoms with van der Waals surface area (Å²) in [4.78, 5) is 42.2. The van der Waals surface area contributed by atoms with E-state index in [4.69, 9.17) is 9.26 Å². The lowest BCUT2D eigenvalue weighted by molar-refractivity contribution is -0.142. The number of anilines is 1. The van der Waals surface area contributed by atoms with Crippen LogP contribution in [0.4, 0.5) is 10.2 Å². The van der Waals surface area contributed by atoms with Gasteiger partial charge in [-0.25, -0.2) is 4.39 Å². The zero-order chi connectivity index (χ0) is 25.0. The van der Waals surface area contributed by atoms with Crippen LogP contribution in [0.1, 0.15) is 43.0 Å². The van der Waals surface area contributed by atoms with Crippen molar-refractivity contribution < 1.29 is 28.0 Å². The van der Waals surface area contributed by atoms with E-state index < -0.39 is 41.3 Å². The Labute approximate surface area is 207 Å². The van der Waals surface area contributed by atoms with Crippen LogP contribution in [0.5, 0.6) is 0 Å². The van der Waals surface area contributed by atoms with Gasteiger partial charge in [-0.1, -0.05) is 42.3 Å². The summed E-state index contributed by atoms with van der Waals surface area (Å²) in [6, 6.07) is 6.30. The molecule has 1 aliphatic carbocycles. The summed E-state index contributed by atoms with van der Waals surface area (Å²) in [6.07, 6.45) is 6.95. The zero-order valence-corrected chi connectivity index (χ0v) is 19.8. The largest absolute Gasteiger partial charge is 0.360 e. The smallest absolute Gasteiger partial charge is 0.247 e. The Bertz CT molecular complexity index is 1240. The number of likely N-dealkylation sites (tertiary alicyclic amines) is 1. The van der Waals surface area contributed by atoms with Gasteiger partial charge in [0.25, 0.3) is 0 Å². The van der Waals surface area contributed by atoms with Gasteiger partial charge in [0.05, 0.1) is 24.5 Å². The van der Waals surface area contributed by atoms with E-state index >= 15 is 0 Å². The number of fused-ring (bicyclic) bond motifs is 1. The summed E-state index contributed by atoms with van der Waals surface area (Å²) < 4.78 is 24.9. The fourth-order valence-electron chi connectivity index (χ4n) is 6.15. The lowest BCUT2D eigenvalue weighted by atomic mass is 9.77. The molecule has 10 heteroatoms. The molecule has 2 bridgehead atoms. The van der Waals surface area contributed by atoms with Crippen molar-refractivity contribution in [2.45, 2.75) is 56.4 Å². The Morgan fingerprint density at radius 3 is 2.67 bits per heavy atom. The molecule has 1 aromatic carbocycles. The van der Waals surface area contributed by atoms with E-state index in [1.54, 1.807) is 19.1 Å². The van der Waals surface area contributed by atoms with Gasteiger partial charge in [0.15, 0.2) is 5.82 Å². The Morgan fingerprint density at radius 1 is 1.22 bits per heavy atom. The van der Waals surface area contributed by atoms with E-state index in [1.165, 1.54) is 29.2 Å². The minimum atomic E-state index is -1.00. The molecule has 5 atom stereocenters. The maximum absolute atomic E-state index is 13.9. The molecular weight excluding hydrogens is 467 g/mol. The number of hydrogen-bond acceptors (Lipinski definition) is 6. The Hall–Kier alpha value is -3.53. The molecule has 1 spiro atoms. The van der Waals surface area contributed by atoms with E-state index in [-0.39, 0.29) is 30.2 Å². The van der Waals surface area contributed by atoms with Crippen LogP contribution >= 0.6 is 0 Å². The molecule has 6 rings (SSSR count). The van der Waals surface area contributed by atoms with E-state index in [0.29, 0.717) is 11.3 Å². The van der Waals surface area contributed by atoms with Crippen molar-refractivity contribution >= 4 is 23.5 Å². The molecule has 1 saturated carbocycles. The molecule has 188 valence electrons. The van der Waals surface area contributed by atoms with Crippen LogP contribution < -0.4 is 10.6 Å². The topological polar surface area (TPSA) is 114 Å². The van der Waals surface area contributed by atoms with Gasteiger partial charge in [0.1, 0.15) is 23.2 Å². The quantitative estimate of drug-likeness (QED) is 0.597. The number of benzene rings is 1. The summed E-state index contributed by atoms with van der Waals surface area (Å²) in [5.41, 5.74) is -0.496. The monoisotopic (exact) mass is 494 g/mol. The van der Waals surface area contributed by atoms with Crippen LogP contribution in [0.3, 0.4) is 0 Å². The van der Waals surface area contributed by atoms with Gasteiger partial charge in [-0.15, -0.1) is 0 Å². The number of aryl methyl sites for hydroxylation is 1. The standard InChI is InChI=1S/C26H27FN4O5/c1-14-12-19(30-36-14)29-23(32)20-18-10-11-26(35-18)13-31(25(34)21(20)26)22(15-6-8-16(27)9-7-15)24(33)28-17-4-2-3-5-17/h6-12,17-18,20-22H,2-5,13H2,1H3,(H,28,33)(H,29,30,32)/t18-,20-,21-,22-,26+/m0/s1. The summed E-state index contributed by atoms with van der Waals surface area (Å²) >= 11 is 0. The Balaban J connectivity index is 1.30. The van der Waals surface area contributed by atoms with Gasteiger partial charge in [0.2, 0.25) is 17.7 Å². The SMILES string of the molecule is Cc1cc(NC(=O)[C@H]2[C@@H]3C=C[C@]4(CN([C@H](C(=O)NC5CCCC5)c5ccc(F)cc5)C(=O)[C@H]24)O3)no1. The number of hydrogen-bond donors (Lipinski definition) is 2. The third kappa shape index (κ3) is 3.71.